The van der Waals surface area contributed by atoms with Crippen molar-refractivity contribution in [2.24, 2.45) is 0 Å². The Morgan fingerprint density at radius 1 is 1.04 bits per heavy atom. The molecule has 1 saturated heterocycles. The van der Waals surface area contributed by atoms with Crippen molar-refractivity contribution >= 4 is 29.1 Å². The summed E-state index contributed by atoms with van der Waals surface area (Å²) >= 11 is 0. The minimum Gasteiger partial charge on any atom is -0.492 e. The van der Waals surface area contributed by atoms with Gasteiger partial charge in [-0.2, -0.15) is 0 Å². The molecule has 0 aliphatic carbocycles. The lowest BCUT2D eigenvalue weighted by Gasteiger charge is -2.26. The summed E-state index contributed by atoms with van der Waals surface area (Å²) in [4.78, 5) is 13.7. The summed E-state index contributed by atoms with van der Waals surface area (Å²) in [6.45, 7) is 3.87. The molecule has 0 spiro atoms. The molecule has 1 aliphatic rings. The summed E-state index contributed by atoms with van der Waals surface area (Å²) < 4.78 is 5.92. The van der Waals surface area contributed by atoms with Gasteiger partial charge in [0.25, 0.3) is 0 Å². The van der Waals surface area contributed by atoms with Crippen LogP contribution < -0.4 is 4.74 Å². The zero-order chi connectivity index (χ0) is 15.4. The molecule has 0 atom stereocenters. The average Bonchev–Trinajstić information content (AvgIpc) is 2.55. The molecule has 0 radical (unpaired) electrons. The van der Waals surface area contributed by atoms with Crippen LogP contribution in [0.25, 0.3) is 10.8 Å². The maximum Gasteiger partial charge on any atom is 0.336 e. The summed E-state index contributed by atoms with van der Waals surface area (Å²) in [5, 5.41) is 10.9. The average molecular weight is 336 g/mol. The first-order valence-electron chi connectivity index (χ1n) is 7.86. The molecule has 0 saturated carbocycles. The summed E-state index contributed by atoms with van der Waals surface area (Å²) in [7, 11) is 0. The molecule has 1 heterocycles. The molecule has 1 fully saturated rings. The van der Waals surface area contributed by atoms with Gasteiger partial charge in [-0.25, -0.2) is 4.79 Å². The van der Waals surface area contributed by atoms with E-state index in [4.69, 9.17) is 4.74 Å². The van der Waals surface area contributed by atoms with E-state index in [-0.39, 0.29) is 12.4 Å². The maximum absolute atomic E-state index is 11.3. The Kier molecular flexibility index (Phi) is 6.25. The van der Waals surface area contributed by atoms with E-state index < -0.39 is 5.97 Å². The van der Waals surface area contributed by atoms with Crippen LogP contribution in [0, 0.1) is 0 Å². The van der Waals surface area contributed by atoms with Gasteiger partial charge >= 0.3 is 5.97 Å². The summed E-state index contributed by atoms with van der Waals surface area (Å²) in [6, 6.07) is 10.9. The predicted octanol–water partition coefficient (Wildman–Crippen LogP) is 3.82. The normalized spacial score (nSPS) is 15.1. The Labute approximate surface area is 142 Å². The second-order valence-electron chi connectivity index (χ2n) is 5.71. The lowest BCUT2D eigenvalue weighted by molar-refractivity contribution is 0.0699. The molecular weight excluding hydrogens is 314 g/mol. The second kappa shape index (κ2) is 8.18. The molecule has 5 heteroatoms. The van der Waals surface area contributed by atoms with Crippen LogP contribution in [-0.2, 0) is 0 Å². The number of nitrogens with zero attached hydrogens (tertiary/aromatic N) is 1. The van der Waals surface area contributed by atoms with Gasteiger partial charge in [0.15, 0.2) is 0 Å². The van der Waals surface area contributed by atoms with Crippen LogP contribution in [0.4, 0.5) is 0 Å². The van der Waals surface area contributed by atoms with Gasteiger partial charge in [0.2, 0.25) is 0 Å². The third kappa shape index (κ3) is 4.15. The summed E-state index contributed by atoms with van der Waals surface area (Å²) in [6.07, 6.45) is 3.88. The summed E-state index contributed by atoms with van der Waals surface area (Å²) in [5.74, 6) is -0.145. The summed E-state index contributed by atoms with van der Waals surface area (Å²) in [5.41, 5.74) is 0.319. The fourth-order valence-electron chi connectivity index (χ4n) is 3.05. The highest BCUT2D eigenvalue weighted by Gasteiger charge is 2.13. The number of carboxylic acid groups (broad SMARTS) is 1. The van der Waals surface area contributed by atoms with Gasteiger partial charge in [-0.3, -0.25) is 4.90 Å². The minimum absolute atomic E-state index is 0. The molecule has 23 heavy (non-hydrogen) atoms. The van der Waals surface area contributed by atoms with Crippen LogP contribution in [0.1, 0.15) is 29.6 Å². The molecule has 124 valence electrons. The molecule has 2 aromatic rings. The number of carbonyl (C=O) groups is 1. The van der Waals surface area contributed by atoms with Crippen LogP contribution in [-0.4, -0.2) is 42.2 Å². The molecule has 0 bridgehead atoms. The van der Waals surface area contributed by atoms with Crippen LogP contribution in [0.5, 0.6) is 5.75 Å². The number of hydrogen-bond acceptors (Lipinski definition) is 3. The van der Waals surface area contributed by atoms with Crippen LogP contribution >= 0.6 is 12.4 Å². The van der Waals surface area contributed by atoms with Gasteiger partial charge in [-0.05, 0) is 43.5 Å². The van der Waals surface area contributed by atoms with Crippen molar-refractivity contribution in [1.29, 1.82) is 0 Å². The van der Waals surface area contributed by atoms with E-state index in [1.807, 2.05) is 24.3 Å². The van der Waals surface area contributed by atoms with Gasteiger partial charge in [-0.1, -0.05) is 30.7 Å². The van der Waals surface area contributed by atoms with Crippen molar-refractivity contribution < 1.29 is 14.6 Å². The number of piperidine rings is 1. The maximum atomic E-state index is 11.3. The number of fused-ring (bicyclic) bond motifs is 1. The standard InChI is InChI=1S/C18H21NO3.ClH/c20-18(21)16-8-9-17(15-7-3-2-6-14(15)16)22-13-12-19-10-4-1-5-11-19;/h2-3,6-9H,1,4-5,10-13H2,(H,20,21);1H. The highest BCUT2D eigenvalue weighted by Crippen LogP contribution is 2.28. The van der Waals surface area contributed by atoms with E-state index in [2.05, 4.69) is 4.90 Å². The van der Waals surface area contributed by atoms with Crippen molar-refractivity contribution in [3.8, 4) is 5.75 Å². The Bertz CT molecular complexity index is 668. The highest BCUT2D eigenvalue weighted by molar-refractivity contribution is 6.05. The van der Waals surface area contributed by atoms with Gasteiger partial charge < -0.3 is 9.84 Å². The van der Waals surface area contributed by atoms with E-state index in [9.17, 15) is 9.90 Å². The van der Waals surface area contributed by atoms with Crippen molar-refractivity contribution in [2.45, 2.75) is 19.3 Å². The van der Waals surface area contributed by atoms with Crippen molar-refractivity contribution in [1.82, 2.24) is 4.90 Å². The molecule has 1 N–H and O–H groups in total. The molecule has 3 rings (SSSR count). The zero-order valence-electron chi connectivity index (χ0n) is 13.0. The number of ether oxygens (including phenoxy) is 1. The fourth-order valence-corrected chi connectivity index (χ4v) is 3.05. The van der Waals surface area contributed by atoms with Crippen LogP contribution in [0.3, 0.4) is 0 Å². The number of benzene rings is 2. The Morgan fingerprint density at radius 3 is 2.43 bits per heavy atom. The Hall–Kier alpha value is -1.78. The number of halogens is 1. The Morgan fingerprint density at radius 2 is 1.74 bits per heavy atom. The third-order valence-electron chi connectivity index (χ3n) is 4.23. The third-order valence-corrected chi connectivity index (χ3v) is 4.23. The number of carboxylic acids is 1. The van der Waals surface area contributed by atoms with E-state index in [1.165, 1.54) is 19.3 Å². The molecule has 0 aromatic heterocycles. The highest BCUT2D eigenvalue weighted by atomic mass is 35.5. The van der Waals surface area contributed by atoms with Crippen LogP contribution in [0.2, 0.25) is 0 Å². The Balaban J connectivity index is 0.00000192. The first-order valence-corrected chi connectivity index (χ1v) is 7.86. The molecule has 0 unspecified atom stereocenters. The first-order chi connectivity index (χ1) is 10.8. The van der Waals surface area contributed by atoms with E-state index >= 15 is 0 Å². The first kappa shape index (κ1) is 17.6. The van der Waals surface area contributed by atoms with Gasteiger partial charge in [0, 0.05) is 11.9 Å². The predicted molar refractivity (Wildman–Crippen MR) is 93.9 cm³/mol. The minimum atomic E-state index is -0.906. The van der Waals surface area contributed by atoms with Crippen LogP contribution in [0.15, 0.2) is 36.4 Å². The number of likely N-dealkylation sites (tertiary alicyclic amines) is 1. The monoisotopic (exact) mass is 335 g/mol. The van der Waals surface area contributed by atoms with Gasteiger partial charge in [-0.15, -0.1) is 12.4 Å². The largest absolute Gasteiger partial charge is 0.492 e. The fraction of sp³-hybridized carbons (Fsp3) is 0.389. The van der Waals surface area contributed by atoms with E-state index in [0.717, 1.165) is 36.2 Å². The SMILES string of the molecule is Cl.O=C(O)c1ccc(OCCN2CCCCC2)c2ccccc12. The lowest BCUT2D eigenvalue weighted by atomic mass is 10.0. The molecule has 0 amide bonds. The number of hydrogen-bond donors (Lipinski definition) is 1. The van der Waals surface area contributed by atoms with Crippen molar-refractivity contribution in [3.05, 3.63) is 42.0 Å². The molecule has 1 aliphatic heterocycles. The second-order valence-corrected chi connectivity index (χ2v) is 5.71. The molecule has 2 aromatic carbocycles. The molecule has 4 nitrogen and oxygen atoms in total. The van der Waals surface area contributed by atoms with Crippen molar-refractivity contribution in [2.75, 3.05) is 26.2 Å². The number of aromatic carboxylic acids is 1. The van der Waals surface area contributed by atoms with Gasteiger partial charge in [0.05, 0.1) is 5.56 Å². The van der Waals surface area contributed by atoms with Crippen molar-refractivity contribution in [3.63, 3.8) is 0 Å². The zero-order valence-corrected chi connectivity index (χ0v) is 13.8. The number of rotatable bonds is 5. The lowest BCUT2D eigenvalue weighted by Crippen LogP contribution is -2.33. The topological polar surface area (TPSA) is 49.8 Å². The van der Waals surface area contributed by atoms with E-state index in [0.29, 0.717) is 12.2 Å². The quantitative estimate of drug-likeness (QED) is 0.902. The van der Waals surface area contributed by atoms with Gasteiger partial charge in [0.1, 0.15) is 12.4 Å². The smallest absolute Gasteiger partial charge is 0.336 e. The molecular formula is C18H22ClNO3. The van der Waals surface area contributed by atoms with E-state index in [1.54, 1.807) is 12.1 Å².